The first-order valence-electron chi connectivity index (χ1n) is 4.29. The highest BCUT2D eigenvalue weighted by Gasteiger charge is 2.24. The van der Waals surface area contributed by atoms with Crippen molar-refractivity contribution in [3.05, 3.63) is 35.9 Å². The minimum absolute atomic E-state index is 0.501. The predicted octanol–water partition coefficient (Wildman–Crippen LogP) is 2.27. The van der Waals surface area contributed by atoms with Gasteiger partial charge in [-0.05, 0) is 12.0 Å². The number of benzene rings is 1. The van der Waals surface area contributed by atoms with E-state index in [9.17, 15) is 8.42 Å². The molecule has 14 heavy (non-hydrogen) atoms. The van der Waals surface area contributed by atoms with Crippen LogP contribution < -0.4 is 0 Å². The molecule has 0 radical (unpaired) electrons. The molecule has 0 fully saturated rings. The van der Waals surface area contributed by atoms with Crippen molar-refractivity contribution in [2.24, 2.45) is 0 Å². The predicted molar refractivity (Wildman–Crippen MR) is 59.2 cm³/mol. The van der Waals surface area contributed by atoms with Crippen LogP contribution in [0.5, 0.6) is 0 Å². The molecule has 0 amide bonds. The smallest absolute Gasteiger partial charge is 0.254 e. The topological polar surface area (TPSA) is 43.4 Å². The van der Waals surface area contributed by atoms with Gasteiger partial charge in [0.25, 0.3) is 10.1 Å². The molecule has 0 aliphatic carbocycles. The summed E-state index contributed by atoms with van der Waals surface area (Å²) in [5.74, 6) is 0. The van der Waals surface area contributed by atoms with Gasteiger partial charge in [-0.3, -0.25) is 3.97 Å². The maximum atomic E-state index is 11.5. The highest BCUT2D eigenvalue weighted by molar-refractivity contribution is 7.89. The molecular weight excluding hydrogens is 219 g/mol. The lowest BCUT2D eigenvalue weighted by molar-refractivity contribution is 0.499. The van der Waals surface area contributed by atoms with E-state index in [1.807, 2.05) is 25.1 Å². The summed E-state index contributed by atoms with van der Waals surface area (Å²) in [5, 5.41) is -0.582. The summed E-state index contributed by atoms with van der Waals surface area (Å²) in [6.45, 7) is 1.82. The van der Waals surface area contributed by atoms with Gasteiger partial charge in [-0.2, -0.15) is 8.42 Å². The Morgan fingerprint density at radius 1 is 1.36 bits per heavy atom. The van der Waals surface area contributed by atoms with Gasteiger partial charge in [-0.15, -0.1) is 0 Å². The zero-order valence-electron chi connectivity index (χ0n) is 7.88. The van der Waals surface area contributed by atoms with E-state index in [1.54, 1.807) is 21.6 Å². The summed E-state index contributed by atoms with van der Waals surface area (Å²) < 4.78 is 27.4. The average molecular weight is 232 g/mol. The Kier molecular flexibility index (Phi) is 4.05. The van der Waals surface area contributed by atoms with E-state index >= 15 is 0 Å². The zero-order chi connectivity index (χ0) is 10.6. The summed E-state index contributed by atoms with van der Waals surface area (Å²) in [6, 6.07) is 9.06. The van der Waals surface area contributed by atoms with Crippen molar-refractivity contribution in [2.75, 3.05) is 0 Å². The second kappa shape index (κ2) is 4.87. The summed E-state index contributed by atoms with van der Waals surface area (Å²) in [6.07, 6.45) is 0.501. The van der Waals surface area contributed by atoms with E-state index in [1.165, 1.54) is 0 Å². The second-order valence-electron chi connectivity index (χ2n) is 2.90. The Morgan fingerprint density at radius 3 is 2.36 bits per heavy atom. The van der Waals surface area contributed by atoms with Crippen LogP contribution in [0.15, 0.2) is 30.3 Å². The van der Waals surface area contributed by atoms with E-state index in [-0.39, 0.29) is 0 Å². The minimum Gasteiger partial charge on any atom is -0.254 e. The number of hydrogen-bond acceptors (Lipinski definition) is 3. The maximum absolute atomic E-state index is 11.5. The van der Waals surface area contributed by atoms with E-state index in [0.717, 1.165) is 5.56 Å². The molecule has 0 bridgehead atoms. The van der Waals surface area contributed by atoms with Gasteiger partial charge in [0.05, 0.1) is 0 Å². The van der Waals surface area contributed by atoms with Crippen LogP contribution in [0.4, 0.5) is 0 Å². The largest absolute Gasteiger partial charge is 0.276 e. The second-order valence-corrected chi connectivity index (χ2v) is 5.22. The molecule has 2 unspecified atom stereocenters. The highest BCUT2D eigenvalue weighted by atomic mass is 32.2. The molecule has 5 heteroatoms. The van der Waals surface area contributed by atoms with Gasteiger partial charge in [-0.1, -0.05) is 37.3 Å². The molecule has 1 aromatic rings. The fourth-order valence-corrected chi connectivity index (χ4v) is 2.78. The Hall–Kier alpha value is -0.440. The molecule has 78 valence electrons. The average Bonchev–Trinajstić information content (AvgIpc) is 2.20. The minimum atomic E-state index is -3.50. The zero-order valence-corrected chi connectivity index (χ0v) is 9.85. The van der Waals surface area contributed by atoms with Crippen molar-refractivity contribution in [2.45, 2.75) is 18.6 Å². The van der Waals surface area contributed by atoms with Gasteiger partial charge in [-0.25, -0.2) is 0 Å². The molecule has 0 aromatic heterocycles. The summed E-state index contributed by atoms with van der Waals surface area (Å²) in [7, 11) is -1.72. The molecule has 0 spiro atoms. The van der Waals surface area contributed by atoms with Crippen molar-refractivity contribution < 1.29 is 12.4 Å². The van der Waals surface area contributed by atoms with Crippen molar-refractivity contribution in [3.8, 4) is 0 Å². The lowest BCUT2D eigenvalue weighted by Crippen LogP contribution is -2.11. The molecule has 0 heterocycles. The summed E-state index contributed by atoms with van der Waals surface area (Å²) in [4.78, 5) is 0. The maximum Gasteiger partial charge on any atom is 0.276 e. The first kappa shape index (κ1) is 11.6. The van der Waals surface area contributed by atoms with Crippen molar-refractivity contribution >= 4 is 19.6 Å². The molecule has 0 aliphatic rings. The van der Waals surface area contributed by atoms with Crippen molar-refractivity contribution in [3.63, 3.8) is 0 Å². The van der Waals surface area contributed by atoms with Crippen LogP contribution in [0.1, 0.15) is 24.2 Å². The Labute approximate surface area is 86.9 Å². The van der Waals surface area contributed by atoms with Crippen LogP contribution in [0, 0.1) is 0 Å². The quantitative estimate of drug-likeness (QED) is 0.748. The molecule has 0 N–H and O–H groups in total. The first-order valence-corrected chi connectivity index (χ1v) is 6.23. The van der Waals surface area contributed by atoms with Crippen LogP contribution in [0.2, 0.25) is 0 Å². The molecule has 0 saturated heterocycles. The summed E-state index contributed by atoms with van der Waals surface area (Å²) >= 11 is 0. The normalized spacial score (nSPS) is 13.9. The lowest BCUT2D eigenvalue weighted by Gasteiger charge is -2.13. The lowest BCUT2D eigenvalue weighted by atomic mass is 10.1. The monoisotopic (exact) mass is 232 g/mol. The van der Waals surface area contributed by atoms with Crippen LogP contribution in [0.3, 0.4) is 0 Å². The third-order valence-corrected chi connectivity index (χ3v) is 4.40. The molecule has 2 atom stereocenters. The first-order chi connectivity index (χ1) is 6.61. The SMILES string of the molecule is CCC(c1ccccc1)S(=O)(=O)OP. The molecule has 3 nitrogen and oxygen atoms in total. The number of hydrogen-bond donors (Lipinski definition) is 0. The summed E-state index contributed by atoms with van der Waals surface area (Å²) in [5.41, 5.74) is 0.762. The van der Waals surface area contributed by atoms with Crippen LogP contribution in [-0.4, -0.2) is 8.42 Å². The fourth-order valence-electron chi connectivity index (χ4n) is 1.34. The molecule has 0 aliphatic heterocycles. The number of rotatable bonds is 4. The van der Waals surface area contributed by atoms with E-state index < -0.39 is 15.4 Å². The molecule has 0 saturated carbocycles. The van der Waals surface area contributed by atoms with Crippen LogP contribution >= 0.6 is 9.47 Å². The van der Waals surface area contributed by atoms with Crippen molar-refractivity contribution in [1.29, 1.82) is 0 Å². The Balaban J connectivity index is 3.06. The Morgan fingerprint density at radius 2 is 1.93 bits per heavy atom. The van der Waals surface area contributed by atoms with Gasteiger partial charge < -0.3 is 0 Å². The molecule has 1 aromatic carbocycles. The third-order valence-electron chi connectivity index (χ3n) is 2.02. The van der Waals surface area contributed by atoms with Gasteiger partial charge in [0, 0.05) is 9.47 Å². The molecule has 1 rings (SSSR count). The van der Waals surface area contributed by atoms with Gasteiger partial charge in [0.15, 0.2) is 0 Å². The van der Waals surface area contributed by atoms with Crippen LogP contribution in [0.25, 0.3) is 0 Å². The van der Waals surface area contributed by atoms with Crippen LogP contribution in [-0.2, 0) is 14.1 Å². The van der Waals surface area contributed by atoms with Crippen molar-refractivity contribution in [1.82, 2.24) is 0 Å². The van der Waals surface area contributed by atoms with E-state index in [4.69, 9.17) is 0 Å². The Bertz CT molecular complexity index is 374. The van der Waals surface area contributed by atoms with Gasteiger partial charge in [0.1, 0.15) is 5.25 Å². The van der Waals surface area contributed by atoms with Gasteiger partial charge in [0.2, 0.25) is 0 Å². The highest BCUT2D eigenvalue weighted by Crippen LogP contribution is 2.27. The third kappa shape index (κ3) is 2.53. The van der Waals surface area contributed by atoms with E-state index in [2.05, 4.69) is 3.97 Å². The van der Waals surface area contributed by atoms with E-state index in [0.29, 0.717) is 6.42 Å². The standard InChI is InChI=1S/C9H13O3PS/c1-2-9(14(10,11)12-13)8-6-4-3-5-7-8/h3-7,9H,2,13H2,1H3. The molecular formula is C9H13O3PS. The van der Waals surface area contributed by atoms with Gasteiger partial charge >= 0.3 is 0 Å². The fraction of sp³-hybridized carbons (Fsp3) is 0.333.